The molecule has 0 heterocycles. The summed E-state index contributed by atoms with van der Waals surface area (Å²) in [7, 11) is 0. The largest absolute Gasteiger partial charge is 0.507 e. The highest BCUT2D eigenvalue weighted by atomic mass is 19.3. The van der Waals surface area contributed by atoms with Crippen molar-refractivity contribution in [3.63, 3.8) is 0 Å². The van der Waals surface area contributed by atoms with E-state index in [9.17, 15) is 23.5 Å². The summed E-state index contributed by atoms with van der Waals surface area (Å²) in [6, 6.07) is 10.6. The Bertz CT molecular complexity index is 793. The Morgan fingerprint density at radius 1 is 1.15 bits per heavy atom. The maximum Gasteiger partial charge on any atom is 0.387 e. The van der Waals surface area contributed by atoms with Crippen LogP contribution >= 0.6 is 0 Å². The molecule has 0 atom stereocenters. The number of benzene rings is 2. The minimum atomic E-state index is -2.88. The second-order valence-electron chi connectivity index (χ2n) is 5.72. The number of carbonyl (C=O) groups is 2. The van der Waals surface area contributed by atoms with Crippen molar-refractivity contribution in [2.45, 2.75) is 20.0 Å². The molecule has 2 N–H and O–H groups in total. The fourth-order valence-electron chi connectivity index (χ4n) is 2.26. The van der Waals surface area contributed by atoms with Gasteiger partial charge in [0.05, 0.1) is 0 Å². The standard InChI is InChI=1S/C19H19F2NO5/c1-12-2-7-16(23)15(10-12)18(25)26-11-17(24)22-9-8-13-3-5-14(6-4-13)27-19(20)21/h2-7,10,19,23H,8-9,11H2,1H3,(H,22,24). The Balaban J connectivity index is 1.73. The van der Waals surface area contributed by atoms with Crippen molar-refractivity contribution < 1.29 is 33.0 Å². The van der Waals surface area contributed by atoms with E-state index in [1.807, 2.05) is 0 Å². The lowest BCUT2D eigenvalue weighted by Gasteiger charge is -2.09. The van der Waals surface area contributed by atoms with Gasteiger partial charge in [0.1, 0.15) is 17.1 Å². The van der Waals surface area contributed by atoms with E-state index < -0.39 is 25.1 Å². The van der Waals surface area contributed by atoms with E-state index in [2.05, 4.69) is 10.1 Å². The fourth-order valence-corrected chi connectivity index (χ4v) is 2.26. The molecule has 0 aromatic heterocycles. The molecule has 0 saturated heterocycles. The lowest BCUT2D eigenvalue weighted by Crippen LogP contribution is -2.30. The maximum absolute atomic E-state index is 12.1. The highest BCUT2D eigenvalue weighted by molar-refractivity contribution is 5.94. The van der Waals surface area contributed by atoms with E-state index in [1.165, 1.54) is 24.3 Å². The van der Waals surface area contributed by atoms with Gasteiger partial charge in [-0.1, -0.05) is 23.8 Å². The minimum absolute atomic E-state index is 0.00564. The zero-order chi connectivity index (χ0) is 19.8. The number of nitrogens with one attached hydrogen (secondary N) is 1. The molecule has 0 saturated carbocycles. The third-order valence-corrected chi connectivity index (χ3v) is 3.59. The van der Waals surface area contributed by atoms with Gasteiger partial charge < -0.3 is 19.9 Å². The number of amides is 1. The molecule has 27 heavy (non-hydrogen) atoms. The summed E-state index contributed by atoms with van der Waals surface area (Å²) >= 11 is 0. The van der Waals surface area contributed by atoms with Crippen molar-refractivity contribution in [1.29, 1.82) is 0 Å². The molecule has 0 unspecified atom stereocenters. The van der Waals surface area contributed by atoms with Gasteiger partial charge in [0, 0.05) is 6.54 Å². The number of aromatic hydroxyl groups is 1. The predicted molar refractivity (Wildman–Crippen MR) is 92.9 cm³/mol. The van der Waals surface area contributed by atoms with Gasteiger partial charge in [-0.05, 0) is 43.2 Å². The molecule has 0 aliphatic heterocycles. The average molecular weight is 379 g/mol. The van der Waals surface area contributed by atoms with Crippen LogP contribution in [0.25, 0.3) is 0 Å². The van der Waals surface area contributed by atoms with Crippen molar-refractivity contribution in [3.8, 4) is 11.5 Å². The Kier molecular flexibility index (Phi) is 7.10. The first kappa shape index (κ1) is 20.2. The van der Waals surface area contributed by atoms with Crippen molar-refractivity contribution in [2.24, 2.45) is 0 Å². The third-order valence-electron chi connectivity index (χ3n) is 3.59. The fraction of sp³-hybridized carbons (Fsp3) is 0.263. The molecule has 0 spiro atoms. The number of halogens is 2. The van der Waals surface area contributed by atoms with Crippen molar-refractivity contribution >= 4 is 11.9 Å². The number of aryl methyl sites for hydroxylation is 1. The van der Waals surface area contributed by atoms with Crippen LogP contribution in [0.3, 0.4) is 0 Å². The predicted octanol–water partition coefficient (Wildman–Crippen LogP) is 2.82. The number of rotatable bonds is 8. The molecule has 0 radical (unpaired) electrons. The zero-order valence-electron chi connectivity index (χ0n) is 14.6. The van der Waals surface area contributed by atoms with E-state index in [0.29, 0.717) is 6.42 Å². The lowest BCUT2D eigenvalue weighted by molar-refractivity contribution is -0.124. The SMILES string of the molecule is Cc1ccc(O)c(C(=O)OCC(=O)NCCc2ccc(OC(F)F)cc2)c1. The Morgan fingerprint density at radius 3 is 2.52 bits per heavy atom. The molecular formula is C19H19F2NO5. The number of alkyl halides is 2. The summed E-state index contributed by atoms with van der Waals surface area (Å²) in [4.78, 5) is 23.6. The van der Waals surface area contributed by atoms with Crippen LogP contribution < -0.4 is 10.1 Å². The molecule has 0 bridgehead atoms. The third kappa shape index (κ3) is 6.58. The van der Waals surface area contributed by atoms with Crippen molar-refractivity contribution in [3.05, 3.63) is 59.2 Å². The monoisotopic (exact) mass is 379 g/mol. The molecule has 2 aromatic rings. The van der Waals surface area contributed by atoms with Crippen LogP contribution in [0.5, 0.6) is 11.5 Å². The highest BCUT2D eigenvalue weighted by Crippen LogP contribution is 2.19. The Hall–Kier alpha value is -3.16. The molecule has 6 nitrogen and oxygen atoms in total. The van der Waals surface area contributed by atoms with E-state index in [1.54, 1.807) is 25.1 Å². The zero-order valence-corrected chi connectivity index (χ0v) is 14.6. The topological polar surface area (TPSA) is 84.9 Å². The number of phenolic OH excluding ortho intramolecular Hbond substituents is 1. The molecule has 2 aromatic carbocycles. The normalized spacial score (nSPS) is 10.5. The molecule has 8 heteroatoms. The molecule has 0 aliphatic rings. The number of hydrogen-bond donors (Lipinski definition) is 2. The second kappa shape index (κ2) is 9.51. The lowest BCUT2D eigenvalue weighted by atomic mass is 10.1. The molecular weight excluding hydrogens is 360 g/mol. The average Bonchev–Trinajstić information content (AvgIpc) is 2.62. The van der Waals surface area contributed by atoms with Gasteiger partial charge >= 0.3 is 12.6 Å². The van der Waals surface area contributed by atoms with Gasteiger partial charge in [-0.25, -0.2) is 4.79 Å². The summed E-state index contributed by atoms with van der Waals surface area (Å²) in [5.74, 6) is -1.44. The number of phenols is 1. The Morgan fingerprint density at radius 2 is 1.85 bits per heavy atom. The summed E-state index contributed by atoms with van der Waals surface area (Å²) < 4.78 is 33.3. The Labute approximate surface area is 154 Å². The van der Waals surface area contributed by atoms with Gasteiger partial charge in [0.25, 0.3) is 5.91 Å². The first-order valence-corrected chi connectivity index (χ1v) is 8.12. The van der Waals surface area contributed by atoms with Crippen LogP contribution in [0.15, 0.2) is 42.5 Å². The van der Waals surface area contributed by atoms with Gasteiger partial charge in [-0.3, -0.25) is 4.79 Å². The molecule has 1 amide bonds. The van der Waals surface area contributed by atoms with Crippen LogP contribution in [-0.2, 0) is 16.0 Å². The van der Waals surface area contributed by atoms with Crippen molar-refractivity contribution in [2.75, 3.05) is 13.2 Å². The highest BCUT2D eigenvalue weighted by Gasteiger charge is 2.14. The van der Waals surface area contributed by atoms with Gasteiger partial charge in [0.2, 0.25) is 0 Å². The first-order valence-electron chi connectivity index (χ1n) is 8.12. The van der Waals surface area contributed by atoms with Gasteiger partial charge in [-0.15, -0.1) is 0 Å². The van der Waals surface area contributed by atoms with Crippen LogP contribution in [0.1, 0.15) is 21.5 Å². The minimum Gasteiger partial charge on any atom is -0.507 e. The van der Waals surface area contributed by atoms with E-state index in [-0.39, 0.29) is 23.6 Å². The van der Waals surface area contributed by atoms with E-state index >= 15 is 0 Å². The van der Waals surface area contributed by atoms with Gasteiger partial charge in [0.15, 0.2) is 6.61 Å². The number of ether oxygens (including phenoxy) is 2. The molecule has 2 rings (SSSR count). The van der Waals surface area contributed by atoms with Crippen LogP contribution in [0, 0.1) is 6.92 Å². The number of hydrogen-bond acceptors (Lipinski definition) is 5. The summed E-state index contributed by atoms with van der Waals surface area (Å²) in [5, 5.41) is 12.2. The second-order valence-corrected chi connectivity index (χ2v) is 5.72. The van der Waals surface area contributed by atoms with E-state index in [0.717, 1.165) is 11.1 Å². The molecule has 0 aliphatic carbocycles. The summed E-state index contributed by atoms with van der Waals surface area (Å²) in [6.45, 7) is -1.32. The summed E-state index contributed by atoms with van der Waals surface area (Å²) in [6.07, 6.45) is 0.466. The van der Waals surface area contributed by atoms with Crippen molar-refractivity contribution in [1.82, 2.24) is 5.32 Å². The van der Waals surface area contributed by atoms with Crippen LogP contribution in [-0.4, -0.2) is 36.7 Å². The first-order chi connectivity index (χ1) is 12.8. The van der Waals surface area contributed by atoms with Gasteiger partial charge in [-0.2, -0.15) is 8.78 Å². The van der Waals surface area contributed by atoms with Crippen LogP contribution in [0.4, 0.5) is 8.78 Å². The quantitative estimate of drug-likeness (QED) is 0.689. The smallest absolute Gasteiger partial charge is 0.387 e. The molecule has 0 fully saturated rings. The van der Waals surface area contributed by atoms with E-state index in [4.69, 9.17) is 4.74 Å². The molecule has 144 valence electrons. The maximum atomic E-state index is 12.1. The summed E-state index contributed by atoms with van der Waals surface area (Å²) in [5.41, 5.74) is 1.58. The number of carbonyl (C=O) groups excluding carboxylic acids is 2. The number of esters is 1. The van der Waals surface area contributed by atoms with Crippen LogP contribution in [0.2, 0.25) is 0 Å².